The number of carbonyl (C=O) groups is 2. The predicted octanol–water partition coefficient (Wildman–Crippen LogP) is 4.97. The van der Waals surface area contributed by atoms with Crippen molar-refractivity contribution < 1.29 is 19.6 Å². The van der Waals surface area contributed by atoms with E-state index >= 15 is 0 Å². The number of rotatable bonds is 6. The Labute approximate surface area is 204 Å². The molecule has 0 bridgehead atoms. The zero-order valence-corrected chi connectivity index (χ0v) is 20.4. The van der Waals surface area contributed by atoms with Crippen molar-refractivity contribution in [3.8, 4) is 0 Å². The molecule has 2 aromatic carbocycles. The zero-order valence-electron chi connectivity index (χ0n) is 17.1. The molecule has 4 aromatic rings. The monoisotopic (exact) mass is 528 g/mol. The first-order valence-electron chi connectivity index (χ1n) is 9.61. The summed E-state index contributed by atoms with van der Waals surface area (Å²) in [7, 11) is -1.47. The molecule has 164 valence electrons. The van der Waals surface area contributed by atoms with Gasteiger partial charge in [-0.1, -0.05) is 76.6 Å². The Hall–Kier alpha value is -2.36. The molecule has 2 heterocycles. The highest BCUT2D eigenvalue weighted by Gasteiger charge is 2.12. The summed E-state index contributed by atoms with van der Waals surface area (Å²) in [6.45, 7) is 0. The van der Waals surface area contributed by atoms with Gasteiger partial charge in [0.25, 0.3) is 0 Å². The highest BCUT2D eigenvalue weighted by Crippen LogP contribution is 2.16. The number of thiophene rings is 2. The molecule has 0 saturated heterocycles. The molecule has 0 aliphatic heterocycles. The van der Waals surface area contributed by atoms with Crippen LogP contribution in [0.2, 0.25) is 0 Å². The van der Waals surface area contributed by atoms with Crippen molar-refractivity contribution in [2.45, 2.75) is 11.8 Å². The molecular weight excluding hydrogens is 507 g/mol. The Morgan fingerprint density at radius 2 is 1.28 bits per heavy atom. The summed E-state index contributed by atoms with van der Waals surface area (Å²) in [5.41, 5.74) is 4.19. The molecule has 32 heavy (non-hydrogen) atoms. The Morgan fingerprint density at radius 3 is 1.69 bits per heavy atom. The minimum absolute atomic E-state index is 0.368. The minimum atomic E-state index is -1.47. The quantitative estimate of drug-likeness (QED) is 0.210. The third kappa shape index (κ3) is 9.42. The van der Waals surface area contributed by atoms with Crippen molar-refractivity contribution in [2.24, 2.45) is 0 Å². The largest absolute Gasteiger partial charge is 0.489 e. The number of hydrogen-bond acceptors (Lipinski definition) is 6. The highest BCUT2D eigenvalue weighted by molar-refractivity contribution is 9.08. The fraction of sp³-hybridized carbons (Fsp3) is 0.0833. The first-order valence-corrected chi connectivity index (χ1v) is 12.5. The van der Waals surface area contributed by atoms with E-state index in [1.165, 1.54) is 50.8 Å². The van der Waals surface area contributed by atoms with Gasteiger partial charge in [0.2, 0.25) is 0 Å². The summed E-state index contributed by atoms with van der Waals surface area (Å²) in [6, 6.07) is 23.9. The Bertz CT molecular complexity index is 1070. The molecule has 0 saturated carbocycles. The van der Waals surface area contributed by atoms with Crippen LogP contribution >= 0.6 is 38.6 Å². The van der Waals surface area contributed by atoms with Gasteiger partial charge >= 0.3 is 7.12 Å². The Balaban J connectivity index is 0.000000178. The van der Waals surface area contributed by atoms with Crippen LogP contribution in [-0.2, 0) is 11.8 Å². The number of carbonyl (C=O) groups excluding carboxylic acids is 2. The van der Waals surface area contributed by atoms with Crippen LogP contribution in [0.15, 0.2) is 83.6 Å². The molecule has 0 amide bonds. The van der Waals surface area contributed by atoms with Crippen molar-refractivity contribution in [3.05, 3.63) is 110 Å². The van der Waals surface area contributed by atoms with Gasteiger partial charge in [0, 0.05) is 5.33 Å². The lowest BCUT2D eigenvalue weighted by Gasteiger charge is -1.96. The number of hydrogen-bond donors (Lipinski definition) is 2. The summed E-state index contributed by atoms with van der Waals surface area (Å²) in [5.74, 6) is 0. The smallest absolute Gasteiger partial charge is 0.423 e. The molecule has 0 radical (unpaired) electrons. The second-order valence-corrected chi connectivity index (χ2v) is 8.98. The number of aldehydes is 2. The second-order valence-electron chi connectivity index (χ2n) is 6.53. The Morgan fingerprint density at radius 1 is 0.750 bits per heavy atom. The third-order valence-electron chi connectivity index (χ3n) is 4.09. The second kappa shape index (κ2) is 14.7. The van der Waals surface area contributed by atoms with E-state index in [1.807, 2.05) is 47.8 Å². The average molecular weight is 529 g/mol. The molecule has 0 aliphatic carbocycles. The summed E-state index contributed by atoms with van der Waals surface area (Å²) >= 11 is 6.05. The molecule has 4 nitrogen and oxygen atoms in total. The van der Waals surface area contributed by atoms with Gasteiger partial charge in [0.15, 0.2) is 12.6 Å². The van der Waals surface area contributed by atoms with Crippen LogP contribution in [0.1, 0.15) is 36.0 Å². The van der Waals surface area contributed by atoms with E-state index in [1.54, 1.807) is 0 Å². The molecular formula is C24H22BBrO4S2. The molecule has 2 aromatic heterocycles. The summed E-state index contributed by atoms with van der Waals surface area (Å²) in [4.78, 5) is 21.9. The molecule has 0 spiro atoms. The van der Waals surface area contributed by atoms with Gasteiger partial charge in [0.05, 0.1) is 9.75 Å². The van der Waals surface area contributed by atoms with Gasteiger partial charge in [-0.3, -0.25) is 9.59 Å². The van der Waals surface area contributed by atoms with Crippen molar-refractivity contribution >= 4 is 63.8 Å². The molecule has 0 fully saturated rings. The Kier molecular flexibility index (Phi) is 11.9. The number of alkyl halides is 1. The van der Waals surface area contributed by atoms with E-state index in [4.69, 9.17) is 10.0 Å². The van der Waals surface area contributed by atoms with Gasteiger partial charge in [0.1, 0.15) is 0 Å². The van der Waals surface area contributed by atoms with Crippen molar-refractivity contribution in [2.75, 3.05) is 0 Å². The van der Waals surface area contributed by atoms with Gasteiger partial charge in [-0.25, -0.2) is 0 Å². The van der Waals surface area contributed by atoms with E-state index in [0.29, 0.717) is 16.6 Å². The maximum absolute atomic E-state index is 10.5. The zero-order chi connectivity index (χ0) is 23.2. The van der Waals surface area contributed by atoms with Crippen LogP contribution < -0.4 is 5.46 Å². The highest BCUT2D eigenvalue weighted by atomic mass is 79.9. The average Bonchev–Trinajstić information content (AvgIpc) is 3.51. The minimum Gasteiger partial charge on any atom is -0.423 e. The number of halogens is 1. The fourth-order valence-corrected chi connectivity index (χ4v) is 4.32. The van der Waals surface area contributed by atoms with E-state index in [-0.39, 0.29) is 0 Å². The van der Waals surface area contributed by atoms with Crippen molar-refractivity contribution in [1.82, 2.24) is 0 Å². The molecule has 4 rings (SSSR count). The normalized spacial score (nSPS) is 9.59. The first kappa shape index (κ1) is 25.9. The first-order chi connectivity index (χ1) is 15.5. The SMILES string of the molecule is BrCc1ccccc1.O=Cc1cc(B(O)O)cs1.O=Cc1cc(Cc2ccccc2)cs1. The van der Waals surface area contributed by atoms with Crippen LogP contribution in [0.25, 0.3) is 0 Å². The third-order valence-corrected chi connectivity index (χ3v) is 6.52. The molecule has 0 atom stereocenters. The van der Waals surface area contributed by atoms with Crippen LogP contribution in [-0.4, -0.2) is 29.7 Å². The van der Waals surface area contributed by atoms with E-state index in [9.17, 15) is 9.59 Å². The van der Waals surface area contributed by atoms with E-state index in [2.05, 4.69) is 40.2 Å². The topological polar surface area (TPSA) is 74.6 Å². The lowest BCUT2D eigenvalue weighted by atomic mass is 9.83. The summed E-state index contributed by atoms with van der Waals surface area (Å²) in [6.07, 6.45) is 2.49. The predicted molar refractivity (Wildman–Crippen MR) is 138 cm³/mol. The lowest BCUT2D eigenvalue weighted by molar-refractivity contribution is 0.111. The van der Waals surface area contributed by atoms with Crippen molar-refractivity contribution in [1.29, 1.82) is 0 Å². The van der Waals surface area contributed by atoms with Crippen LogP contribution in [0.4, 0.5) is 0 Å². The lowest BCUT2D eigenvalue weighted by Crippen LogP contribution is -2.27. The van der Waals surface area contributed by atoms with E-state index < -0.39 is 7.12 Å². The number of benzene rings is 2. The van der Waals surface area contributed by atoms with Crippen molar-refractivity contribution in [3.63, 3.8) is 0 Å². The van der Waals surface area contributed by atoms with Gasteiger partial charge < -0.3 is 10.0 Å². The van der Waals surface area contributed by atoms with Crippen LogP contribution in [0.5, 0.6) is 0 Å². The van der Waals surface area contributed by atoms with Gasteiger partial charge in [-0.2, -0.15) is 0 Å². The van der Waals surface area contributed by atoms with Crippen LogP contribution in [0, 0.1) is 0 Å². The standard InChI is InChI=1S/C12H10OS.C7H7Br.C5H5BO3S/c13-8-12-7-11(9-14-12)6-10-4-2-1-3-5-10;8-6-7-4-2-1-3-5-7;7-2-5-1-4(3-10-5)6(8)9/h1-5,7-9H,6H2;1-5H,6H2;1-3,8-9H. The van der Waals surface area contributed by atoms with Crippen LogP contribution in [0.3, 0.4) is 0 Å². The summed E-state index contributed by atoms with van der Waals surface area (Å²) < 4.78 is 0. The maximum Gasteiger partial charge on any atom is 0.489 e. The fourth-order valence-electron chi connectivity index (χ4n) is 2.51. The molecule has 8 heteroatoms. The summed E-state index contributed by atoms with van der Waals surface area (Å²) in [5, 5.41) is 21.7. The molecule has 0 aliphatic rings. The van der Waals surface area contributed by atoms with E-state index in [0.717, 1.165) is 22.9 Å². The van der Waals surface area contributed by atoms with Gasteiger partial charge in [-0.15, -0.1) is 22.7 Å². The molecule has 0 unspecified atom stereocenters. The molecule has 2 N–H and O–H groups in total. The maximum atomic E-state index is 10.5. The van der Waals surface area contributed by atoms with Gasteiger partial charge in [-0.05, 0) is 51.5 Å².